The summed E-state index contributed by atoms with van der Waals surface area (Å²) in [5.74, 6) is 0.279. The molecular formula is C8H14O4. The molecule has 0 bridgehead atoms. The minimum Gasteiger partial charge on any atom is -0.467 e. The van der Waals surface area contributed by atoms with Crippen molar-refractivity contribution in [3.8, 4) is 0 Å². The summed E-state index contributed by atoms with van der Waals surface area (Å²) < 4.78 is 4.96. The van der Waals surface area contributed by atoms with Crippen LogP contribution < -0.4 is 0 Å². The first-order valence-electron chi connectivity index (χ1n) is 3.90. The lowest BCUT2D eigenvalue weighted by Crippen LogP contribution is -2.40. The molecule has 1 heterocycles. The molecule has 1 aliphatic rings. The number of aliphatic hydroxyl groups is 3. The Morgan fingerprint density at radius 2 is 1.92 bits per heavy atom. The Morgan fingerprint density at radius 1 is 1.33 bits per heavy atom. The molecule has 4 nitrogen and oxygen atoms in total. The SMILES string of the molecule is CC(C)=C1OC(O)C[C@@H](O)[C@@H]1O. The van der Waals surface area contributed by atoms with Gasteiger partial charge >= 0.3 is 0 Å². The van der Waals surface area contributed by atoms with Crippen molar-refractivity contribution in [2.45, 2.75) is 38.8 Å². The number of aliphatic hydroxyl groups excluding tert-OH is 3. The number of hydrogen-bond donors (Lipinski definition) is 3. The van der Waals surface area contributed by atoms with E-state index < -0.39 is 18.5 Å². The molecular weight excluding hydrogens is 160 g/mol. The summed E-state index contributed by atoms with van der Waals surface area (Å²) in [6, 6.07) is 0. The highest BCUT2D eigenvalue weighted by molar-refractivity contribution is 5.11. The molecule has 4 heteroatoms. The summed E-state index contributed by atoms with van der Waals surface area (Å²) in [5.41, 5.74) is 0.764. The fourth-order valence-corrected chi connectivity index (χ4v) is 1.19. The molecule has 1 unspecified atom stereocenters. The normalized spacial score (nSPS) is 36.1. The topological polar surface area (TPSA) is 69.9 Å². The zero-order chi connectivity index (χ0) is 9.30. The van der Waals surface area contributed by atoms with Crippen LogP contribution in [0.1, 0.15) is 20.3 Å². The van der Waals surface area contributed by atoms with Crippen molar-refractivity contribution < 1.29 is 20.1 Å². The van der Waals surface area contributed by atoms with Gasteiger partial charge in [-0.1, -0.05) is 0 Å². The van der Waals surface area contributed by atoms with E-state index in [-0.39, 0.29) is 12.2 Å². The van der Waals surface area contributed by atoms with Crippen LogP contribution in [0.25, 0.3) is 0 Å². The zero-order valence-electron chi connectivity index (χ0n) is 7.19. The molecule has 1 rings (SSSR count). The molecule has 0 aromatic rings. The smallest absolute Gasteiger partial charge is 0.199 e. The van der Waals surface area contributed by atoms with Gasteiger partial charge in [-0.2, -0.15) is 0 Å². The summed E-state index contributed by atoms with van der Waals surface area (Å²) >= 11 is 0. The van der Waals surface area contributed by atoms with Crippen molar-refractivity contribution in [3.05, 3.63) is 11.3 Å². The molecule has 3 N–H and O–H groups in total. The van der Waals surface area contributed by atoms with E-state index in [9.17, 15) is 10.2 Å². The van der Waals surface area contributed by atoms with Crippen molar-refractivity contribution in [1.82, 2.24) is 0 Å². The van der Waals surface area contributed by atoms with Crippen LogP contribution in [0.5, 0.6) is 0 Å². The van der Waals surface area contributed by atoms with Crippen LogP contribution in [0.4, 0.5) is 0 Å². The second-order valence-corrected chi connectivity index (χ2v) is 3.18. The van der Waals surface area contributed by atoms with Gasteiger partial charge in [0.2, 0.25) is 0 Å². The molecule has 0 aromatic carbocycles. The number of rotatable bonds is 0. The maximum Gasteiger partial charge on any atom is 0.199 e. The first-order valence-corrected chi connectivity index (χ1v) is 3.90. The Kier molecular flexibility index (Phi) is 2.72. The largest absolute Gasteiger partial charge is 0.467 e. The van der Waals surface area contributed by atoms with E-state index in [4.69, 9.17) is 9.84 Å². The quantitative estimate of drug-likeness (QED) is 0.473. The van der Waals surface area contributed by atoms with Gasteiger partial charge in [-0.15, -0.1) is 0 Å². The third-order valence-electron chi connectivity index (χ3n) is 1.83. The Hall–Kier alpha value is -0.580. The Bertz CT molecular complexity index is 195. The van der Waals surface area contributed by atoms with E-state index in [1.54, 1.807) is 13.8 Å². The van der Waals surface area contributed by atoms with Gasteiger partial charge in [-0.3, -0.25) is 0 Å². The highest BCUT2D eigenvalue weighted by atomic mass is 16.6. The number of hydrogen-bond acceptors (Lipinski definition) is 4. The van der Waals surface area contributed by atoms with E-state index in [0.717, 1.165) is 5.57 Å². The van der Waals surface area contributed by atoms with Gasteiger partial charge in [0, 0.05) is 6.42 Å². The first-order chi connectivity index (χ1) is 5.52. The maximum absolute atomic E-state index is 9.38. The Balaban J connectivity index is 2.81. The molecule has 0 aromatic heterocycles. The first kappa shape index (κ1) is 9.51. The van der Waals surface area contributed by atoms with Gasteiger partial charge < -0.3 is 20.1 Å². The zero-order valence-corrected chi connectivity index (χ0v) is 7.19. The second kappa shape index (κ2) is 3.43. The second-order valence-electron chi connectivity index (χ2n) is 3.18. The van der Waals surface area contributed by atoms with Crippen LogP contribution in [0.15, 0.2) is 11.3 Å². The Morgan fingerprint density at radius 3 is 2.42 bits per heavy atom. The van der Waals surface area contributed by atoms with Gasteiger partial charge in [-0.05, 0) is 19.4 Å². The molecule has 3 atom stereocenters. The maximum atomic E-state index is 9.38. The molecule has 0 radical (unpaired) electrons. The van der Waals surface area contributed by atoms with E-state index in [1.165, 1.54) is 0 Å². The van der Waals surface area contributed by atoms with Crippen LogP contribution in [0, 0.1) is 0 Å². The standard InChI is InChI=1S/C8H14O4/c1-4(2)8-7(11)5(9)3-6(10)12-8/h5-7,9-11H,3H2,1-2H3/t5-,6?,7+/m1/s1. The van der Waals surface area contributed by atoms with Crippen molar-refractivity contribution in [3.63, 3.8) is 0 Å². The lowest BCUT2D eigenvalue weighted by Gasteiger charge is -2.31. The summed E-state index contributed by atoms with van der Waals surface area (Å²) in [6.07, 6.45) is -2.89. The van der Waals surface area contributed by atoms with Gasteiger partial charge in [0.1, 0.15) is 11.9 Å². The molecule has 0 aliphatic carbocycles. The summed E-state index contributed by atoms with van der Waals surface area (Å²) in [5, 5.41) is 27.7. The Labute approximate surface area is 71.1 Å². The van der Waals surface area contributed by atoms with Gasteiger partial charge in [0.15, 0.2) is 6.29 Å². The molecule has 1 aliphatic heterocycles. The van der Waals surface area contributed by atoms with Crippen LogP contribution in [-0.4, -0.2) is 33.8 Å². The molecule has 1 fully saturated rings. The molecule has 70 valence electrons. The van der Waals surface area contributed by atoms with Crippen LogP contribution >= 0.6 is 0 Å². The summed E-state index contributed by atoms with van der Waals surface area (Å²) in [4.78, 5) is 0. The third-order valence-corrected chi connectivity index (χ3v) is 1.83. The number of ether oxygens (including phenoxy) is 1. The van der Waals surface area contributed by atoms with Gasteiger partial charge in [0.05, 0.1) is 6.10 Å². The minimum atomic E-state index is -1.01. The van der Waals surface area contributed by atoms with Crippen LogP contribution in [0.3, 0.4) is 0 Å². The lowest BCUT2D eigenvalue weighted by atomic mass is 10.0. The predicted molar refractivity (Wildman–Crippen MR) is 42.1 cm³/mol. The molecule has 12 heavy (non-hydrogen) atoms. The van der Waals surface area contributed by atoms with E-state index in [1.807, 2.05) is 0 Å². The van der Waals surface area contributed by atoms with Crippen molar-refractivity contribution in [1.29, 1.82) is 0 Å². The molecule has 0 spiro atoms. The summed E-state index contributed by atoms with van der Waals surface area (Å²) in [6.45, 7) is 3.51. The highest BCUT2D eigenvalue weighted by Crippen LogP contribution is 2.24. The monoisotopic (exact) mass is 174 g/mol. The number of allylic oxidation sites excluding steroid dienone is 1. The van der Waals surface area contributed by atoms with E-state index in [2.05, 4.69) is 0 Å². The summed E-state index contributed by atoms with van der Waals surface area (Å²) in [7, 11) is 0. The highest BCUT2D eigenvalue weighted by Gasteiger charge is 2.32. The van der Waals surface area contributed by atoms with Gasteiger partial charge in [-0.25, -0.2) is 0 Å². The van der Waals surface area contributed by atoms with Crippen molar-refractivity contribution >= 4 is 0 Å². The van der Waals surface area contributed by atoms with E-state index in [0.29, 0.717) is 0 Å². The van der Waals surface area contributed by atoms with Crippen molar-refractivity contribution in [2.75, 3.05) is 0 Å². The fourth-order valence-electron chi connectivity index (χ4n) is 1.19. The lowest BCUT2D eigenvalue weighted by molar-refractivity contribution is -0.158. The fraction of sp³-hybridized carbons (Fsp3) is 0.750. The molecule has 0 saturated carbocycles. The predicted octanol–water partition coefficient (Wildman–Crippen LogP) is -0.259. The average molecular weight is 174 g/mol. The third kappa shape index (κ3) is 1.77. The van der Waals surface area contributed by atoms with Crippen LogP contribution in [0.2, 0.25) is 0 Å². The average Bonchev–Trinajstić information content (AvgIpc) is 1.96. The minimum absolute atomic E-state index is 0.0535. The van der Waals surface area contributed by atoms with E-state index >= 15 is 0 Å². The van der Waals surface area contributed by atoms with Gasteiger partial charge in [0.25, 0.3) is 0 Å². The molecule has 1 saturated heterocycles. The van der Waals surface area contributed by atoms with Crippen LogP contribution in [-0.2, 0) is 4.74 Å². The van der Waals surface area contributed by atoms with Crippen molar-refractivity contribution in [2.24, 2.45) is 0 Å². The molecule has 0 amide bonds.